The lowest BCUT2D eigenvalue weighted by Crippen LogP contribution is -2.54. The molecule has 2 N–H and O–H groups in total. The molecule has 0 spiro atoms. The maximum Gasteiger partial charge on any atom is 0.329 e. The Hall–Kier alpha value is -1.79. The predicted octanol–water partition coefficient (Wildman–Crippen LogP) is 0.0541. The lowest BCUT2D eigenvalue weighted by Gasteiger charge is -2.31. The Balaban J connectivity index is 4.24. The summed E-state index contributed by atoms with van der Waals surface area (Å²) in [6.45, 7) is 2.93. The molecule has 0 bridgehead atoms. The minimum atomic E-state index is -1.31. The molecular weight excluding hydrogens is 228 g/mol. The van der Waals surface area contributed by atoms with Gasteiger partial charge in [0, 0.05) is 13.6 Å². The number of urea groups is 1. The molecule has 7 heteroatoms. The molecule has 0 rings (SSSR count). The SMILES string of the molecule is COC(=O)CCNC(=O)N(C)C(C)(C)C(=O)O. The highest BCUT2D eigenvalue weighted by Crippen LogP contribution is 2.12. The van der Waals surface area contributed by atoms with Crippen LogP contribution in [-0.4, -0.2) is 54.2 Å². The van der Waals surface area contributed by atoms with Gasteiger partial charge < -0.3 is 20.1 Å². The molecule has 0 aromatic heterocycles. The predicted molar refractivity (Wildman–Crippen MR) is 59.5 cm³/mol. The maximum atomic E-state index is 11.6. The molecule has 0 unspecified atom stereocenters. The van der Waals surface area contributed by atoms with E-state index < -0.39 is 23.5 Å². The lowest BCUT2D eigenvalue weighted by atomic mass is 10.1. The standard InChI is InChI=1S/C10H18N2O5/c1-10(2,8(14)15)12(3)9(16)11-6-5-7(13)17-4/h5-6H2,1-4H3,(H,11,16)(H,14,15). The first kappa shape index (κ1) is 15.2. The zero-order valence-corrected chi connectivity index (χ0v) is 10.4. The Morgan fingerprint density at radius 1 is 1.35 bits per heavy atom. The molecule has 0 saturated heterocycles. The number of amides is 2. The zero-order chi connectivity index (χ0) is 13.6. The first-order chi connectivity index (χ1) is 7.73. The van der Waals surface area contributed by atoms with Gasteiger partial charge in [0.2, 0.25) is 0 Å². The van der Waals surface area contributed by atoms with E-state index in [0.717, 1.165) is 4.90 Å². The molecule has 7 nitrogen and oxygen atoms in total. The van der Waals surface area contributed by atoms with E-state index in [1.54, 1.807) is 0 Å². The molecule has 0 aromatic rings. The van der Waals surface area contributed by atoms with Crippen LogP contribution >= 0.6 is 0 Å². The lowest BCUT2D eigenvalue weighted by molar-refractivity contribution is -0.147. The van der Waals surface area contributed by atoms with Crippen molar-refractivity contribution in [3.8, 4) is 0 Å². The summed E-state index contributed by atoms with van der Waals surface area (Å²) in [4.78, 5) is 34.3. The molecule has 0 aliphatic carbocycles. The molecule has 0 heterocycles. The summed E-state index contributed by atoms with van der Waals surface area (Å²) in [6.07, 6.45) is 0.0452. The van der Waals surface area contributed by atoms with Crippen LogP contribution < -0.4 is 5.32 Å². The molecule has 2 amide bonds. The van der Waals surface area contributed by atoms with Gasteiger partial charge in [-0.15, -0.1) is 0 Å². The highest BCUT2D eigenvalue weighted by molar-refractivity contribution is 5.85. The third-order valence-electron chi connectivity index (χ3n) is 2.50. The monoisotopic (exact) mass is 246 g/mol. The second kappa shape index (κ2) is 6.07. The number of ether oxygens (including phenoxy) is 1. The van der Waals surface area contributed by atoms with Crippen LogP contribution in [0.3, 0.4) is 0 Å². The Morgan fingerprint density at radius 3 is 2.29 bits per heavy atom. The number of carboxylic acid groups (broad SMARTS) is 1. The number of likely N-dealkylation sites (N-methyl/N-ethyl adjacent to an activating group) is 1. The Kier molecular flexibility index (Phi) is 5.43. The highest BCUT2D eigenvalue weighted by atomic mass is 16.5. The van der Waals surface area contributed by atoms with Crippen LogP contribution in [0.2, 0.25) is 0 Å². The van der Waals surface area contributed by atoms with Gasteiger partial charge in [0.1, 0.15) is 5.54 Å². The molecule has 0 fully saturated rings. The van der Waals surface area contributed by atoms with Gasteiger partial charge in [-0.25, -0.2) is 9.59 Å². The molecule has 0 aromatic carbocycles. The van der Waals surface area contributed by atoms with Gasteiger partial charge in [0.15, 0.2) is 0 Å². The van der Waals surface area contributed by atoms with Crippen molar-refractivity contribution in [2.45, 2.75) is 25.8 Å². The molecule has 17 heavy (non-hydrogen) atoms. The maximum absolute atomic E-state index is 11.6. The number of carbonyl (C=O) groups excluding carboxylic acids is 2. The van der Waals surface area contributed by atoms with Crippen LogP contribution in [0, 0.1) is 0 Å². The van der Waals surface area contributed by atoms with Gasteiger partial charge in [0.25, 0.3) is 0 Å². The van der Waals surface area contributed by atoms with Gasteiger partial charge in [-0.2, -0.15) is 0 Å². The normalized spacial score (nSPS) is 10.6. The minimum Gasteiger partial charge on any atom is -0.480 e. The third-order valence-corrected chi connectivity index (χ3v) is 2.50. The van der Waals surface area contributed by atoms with Crippen molar-refractivity contribution in [2.75, 3.05) is 20.7 Å². The molecule has 0 aliphatic heterocycles. The Bertz CT molecular complexity index is 314. The molecule has 0 atom stereocenters. The van der Waals surface area contributed by atoms with Gasteiger partial charge in [-0.05, 0) is 13.8 Å². The van der Waals surface area contributed by atoms with Gasteiger partial charge in [-0.1, -0.05) is 0 Å². The van der Waals surface area contributed by atoms with Crippen molar-refractivity contribution in [1.29, 1.82) is 0 Å². The van der Waals surface area contributed by atoms with E-state index in [-0.39, 0.29) is 13.0 Å². The minimum absolute atomic E-state index is 0.0452. The summed E-state index contributed by atoms with van der Waals surface area (Å²) in [6, 6.07) is -0.554. The average molecular weight is 246 g/mol. The number of methoxy groups -OCH3 is 1. The van der Waals surface area contributed by atoms with Gasteiger partial charge >= 0.3 is 18.0 Å². The summed E-state index contributed by atoms with van der Waals surface area (Å²) in [5.74, 6) is -1.55. The van der Waals surface area contributed by atoms with Crippen LogP contribution in [0.4, 0.5) is 4.79 Å². The first-order valence-corrected chi connectivity index (χ1v) is 5.05. The molecule has 0 aliphatic rings. The van der Waals surface area contributed by atoms with Crippen molar-refractivity contribution in [3.05, 3.63) is 0 Å². The fourth-order valence-corrected chi connectivity index (χ4v) is 0.889. The second-order valence-corrected chi connectivity index (χ2v) is 3.98. The van der Waals surface area contributed by atoms with Crippen molar-refractivity contribution in [2.24, 2.45) is 0 Å². The van der Waals surface area contributed by atoms with Crippen molar-refractivity contribution >= 4 is 18.0 Å². The van der Waals surface area contributed by atoms with E-state index in [0.29, 0.717) is 0 Å². The van der Waals surface area contributed by atoms with E-state index in [1.165, 1.54) is 28.0 Å². The number of carboxylic acids is 1. The van der Waals surface area contributed by atoms with Crippen LogP contribution in [0.5, 0.6) is 0 Å². The van der Waals surface area contributed by atoms with E-state index in [4.69, 9.17) is 5.11 Å². The van der Waals surface area contributed by atoms with Gasteiger partial charge in [0.05, 0.1) is 13.5 Å². The van der Waals surface area contributed by atoms with E-state index in [1.807, 2.05) is 0 Å². The number of nitrogens with one attached hydrogen (secondary N) is 1. The third kappa shape index (κ3) is 4.29. The van der Waals surface area contributed by atoms with E-state index in [9.17, 15) is 14.4 Å². The molecule has 0 radical (unpaired) electrons. The number of esters is 1. The number of hydrogen-bond donors (Lipinski definition) is 2. The van der Waals surface area contributed by atoms with Crippen LogP contribution in [0.25, 0.3) is 0 Å². The van der Waals surface area contributed by atoms with Gasteiger partial charge in [-0.3, -0.25) is 4.79 Å². The quantitative estimate of drug-likeness (QED) is 0.668. The largest absolute Gasteiger partial charge is 0.480 e. The van der Waals surface area contributed by atoms with Crippen LogP contribution in [0.1, 0.15) is 20.3 Å². The fraction of sp³-hybridized carbons (Fsp3) is 0.700. The summed E-state index contributed by atoms with van der Waals surface area (Å²) >= 11 is 0. The van der Waals surface area contributed by atoms with Crippen LogP contribution in [-0.2, 0) is 14.3 Å². The number of carbonyl (C=O) groups is 3. The summed E-state index contributed by atoms with van der Waals surface area (Å²) in [5, 5.41) is 11.3. The number of aliphatic carboxylic acids is 1. The molecule has 0 saturated carbocycles. The van der Waals surface area contributed by atoms with Crippen LogP contribution in [0.15, 0.2) is 0 Å². The fourth-order valence-electron chi connectivity index (χ4n) is 0.889. The average Bonchev–Trinajstić information content (AvgIpc) is 2.27. The topological polar surface area (TPSA) is 95.9 Å². The smallest absolute Gasteiger partial charge is 0.329 e. The summed E-state index contributed by atoms with van der Waals surface area (Å²) in [7, 11) is 2.63. The summed E-state index contributed by atoms with van der Waals surface area (Å²) < 4.78 is 4.40. The van der Waals surface area contributed by atoms with Crippen molar-refractivity contribution < 1.29 is 24.2 Å². The van der Waals surface area contributed by atoms with Crippen molar-refractivity contribution in [1.82, 2.24) is 10.2 Å². The highest BCUT2D eigenvalue weighted by Gasteiger charge is 2.35. The number of rotatable bonds is 5. The Morgan fingerprint density at radius 2 is 1.88 bits per heavy atom. The van der Waals surface area contributed by atoms with E-state index in [2.05, 4.69) is 10.1 Å². The molecule has 98 valence electrons. The first-order valence-electron chi connectivity index (χ1n) is 5.05. The van der Waals surface area contributed by atoms with E-state index >= 15 is 0 Å². The second-order valence-electron chi connectivity index (χ2n) is 3.98. The Labute approximate surface area is 99.7 Å². The molecular formula is C10H18N2O5. The number of hydrogen-bond acceptors (Lipinski definition) is 4. The van der Waals surface area contributed by atoms with Crippen molar-refractivity contribution in [3.63, 3.8) is 0 Å². The number of nitrogens with zero attached hydrogens (tertiary/aromatic N) is 1. The zero-order valence-electron chi connectivity index (χ0n) is 10.4. The summed E-state index contributed by atoms with van der Waals surface area (Å²) in [5.41, 5.74) is -1.31.